The van der Waals surface area contributed by atoms with Crippen molar-refractivity contribution in [3.05, 3.63) is 61.7 Å². The second-order valence-corrected chi connectivity index (χ2v) is 5.15. The molecule has 6 heteroatoms. The molecular weight excluding hydrogens is 381 g/mol. The third-order valence-corrected chi connectivity index (χ3v) is 3.63. The van der Waals surface area contributed by atoms with Crippen LogP contribution in [0.2, 0.25) is 0 Å². The van der Waals surface area contributed by atoms with Gasteiger partial charge in [-0.25, -0.2) is 0 Å². The van der Waals surface area contributed by atoms with Gasteiger partial charge in [-0.3, -0.25) is 10.1 Å². The van der Waals surface area contributed by atoms with Crippen LogP contribution < -0.4 is 4.74 Å². The van der Waals surface area contributed by atoms with Crippen molar-refractivity contribution < 1.29 is 9.66 Å². The van der Waals surface area contributed by atoms with Crippen molar-refractivity contribution in [2.75, 3.05) is 0 Å². The molecule has 0 bridgehead atoms. The van der Waals surface area contributed by atoms with Gasteiger partial charge in [0.05, 0.1) is 8.49 Å². The number of para-hydroxylation sites is 1. The third kappa shape index (κ3) is 3.36. The van der Waals surface area contributed by atoms with E-state index in [1.165, 1.54) is 6.07 Å². The summed E-state index contributed by atoms with van der Waals surface area (Å²) in [4.78, 5) is 10.6. The molecule has 0 aliphatic carbocycles. The van der Waals surface area contributed by atoms with Gasteiger partial charge in [-0.05, 0) is 46.4 Å². The Kier molecular flexibility index (Phi) is 4.60. The summed E-state index contributed by atoms with van der Waals surface area (Å²) in [5.41, 5.74) is 0.598. The zero-order valence-electron chi connectivity index (χ0n) is 9.68. The Morgan fingerprint density at radius 2 is 1.95 bits per heavy atom. The number of nitro groups is 1. The molecule has 0 spiro atoms. The lowest BCUT2D eigenvalue weighted by Crippen LogP contribution is -1.95. The predicted octanol–water partition coefficient (Wildman–Crippen LogP) is 4.73. The summed E-state index contributed by atoms with van der Waals surface area (Å²) < 4.78 is 6.49. The summed E-state index contributed by atoms with van der Waals surface area (Å²) in [5.74, 6) is 1.03. The minimum Gasteiger partial charge on any atom is -0.449 e. The highest BCUT2D eigenvalue weighted by Gasteiger charge is 2.17. The Labute approximate surface area is 128 Å². The minimum absolute atomic E-state index is 0.0854. The van der Waals surface area contributed by atoms with E-state index < -0.39 is 4.92 Å². The zero-order chi connectivity index (χ0) is 13.8. The maximum atomic E-state index is 11.0. The van der Waals surface area contributed by atoms with Crippen LogP contribution in [0.15, 0.2) is 42.5 Å². The molecule has 0 heterocycles. The van der Waals surface area contributed by atoms with Crippen molar-refractivity contribution in [1.29, 1.82) is 0 Å². The molecule has 19 heavy (non-hydrogen) atoms. The van der Waals surface area contributed by atoms with Gasteiger partial charge in [-0.1, -0.05) is 18.2 Å². The van der Waals surface area contributed by atoms with Crippen molar-refractivity contribution in [1.82, 2.24) is 0 Å². The van der Waals surface area contributed by atoms with Crippen LogP contribution in [0, 0.1) is 13.7 Å². The summed E-state index contributed by atoms with van der Waals surface area (Å²) in [6.45, 7) is 0. The molecule has 0 saturated heterocycles. The van der Waals surface area contributed by atoms with Crippen molar-refractivity contribution >= 4 is 39.9 Å². The molecule has 0 aliphatic heterocycles. The van der Waals surface area contributed by atoms with Crippen molar-refractivity contribution in [3.8, 4) is 11.5 Å². The SMILES string of the molecule is O=[N+]([O-])c1cc(CCl)ccc1Oc1ccccc1I. The molecule has 2 aromatic rings. The van der Waals surface area contributed by atoms with Gasteiger partial charge in [0.15, 0.2) is 0 Å². The largest absolute Gasteiger partial charge is 0.449 e. The number of nitrogens with zero attached hydrogens (tertiary/aromatic N) is 1. The van der Waals surface area contributed by atoms with E-state index in [-0.39, 0.29) is 17.3 Å². The van der Waals surface area contributed by atoms with Crippen LogP contribution in [0.1, 0.15) is 5.56 Å². The summed E-state index contributed by atoms with van der Waals surface area (Å²) >= 11 is 7.79. The summed E-state index contributed by atoms with van der Waals surface area (Å²) in [5, 5.41) is 11.0. The Morgan fingerprint density at radius 1 is 1.21 bits per heavy atom. The highest BCUT2D eigenvalue weighted by molar-refractivity contribution is 14.1. The first-order chi connectivity index (χ1) is 9.11. The highest BCUT2D eigenvalue weighted by Crippen LogP contribution is 2.34. The number of alkyl halides is 1. The fourth-order valence-electron chi connectivity index (χ4n) is 1.52. The Balaban J connectivity index is 2.40. The van der Waals surface area contributed by atoms with E-state index in [0.717, 1.165) is 3.57 Å². The molecule has 0 N–H and O–H groups in total. The minimum atomic E-state index is -0.471. The molecule has 2 aromatic carbocycles. The maximum absolute atomic E-state index is 11.0. The molecule has 0 aliphatic rings. The molecule has 0 amide bonds. The van der Waals surface area contributed by atoms with Crippen molar-refractivity contribution in [3.63, 3.8) is 0 Å². The van der Waals surface area contributed by atoms with Crippen LogP contribution >= 0.6 is 34.2 Å². The van der Waals surface area contributed by atoms with E-state index in [1.807, 2.05) is 18.2 Å². The fourth-order valence-corrected chi connectivity index (χ4v) is 2.18. The monoisotopic (exact) mass is 389 g/mol. The second kappa shape index (κ2) is 6.21. The first kappa shape index (κ1) is 14.1. The van der Waals surface area contributed by atoms with Crippen LogP contribution in [0.5, 0.6) is 11.5 Å². The van der Waals surface area contributed by atoms with E-state index in [1.54, 1.807) is 18.2 Å². The number of hydrogen-bond acceptors (Lipinski definition) is 3. The number of hydrogen-bond donors (Lipinski definition) is 0. The lowest BCUT2D eigenvalue weighted by molar-refractivity contribution is -0.385. The van der Waals surface area contributed by atoms with Crippen LogP contribution in [0.25, 0.3) is 0 Å². The zero-order valence-corrected chi connectivity index (χ0v) is 12.6. The molecule has 0 fully saturated rings. The molecule has 0 aromatic heterocycles. The topological polar surface area (TPSA) is 52.4 Å². The smallest absolute Gasteiger partial charge is 0.311 e. The molecule has 4 nitrogen and oxygen atoms in total. The number of rotatable bonds is 4. The second-order valence-electron chi connectivity index (χ2n) is 3.73. The molecule has 0 saturated carbocycles. The van der Waals surface area contributed by atoms with Gasteiger partial charge in [-0.15, -0.1) is 11.6 Å². The predicted molar refractivity (Wildman–Crippen MR) is 81.9 cm³/mol. The van der Waals surface area contributed by atoms with Gasteiger partial charge in [0.2, 0.25) is 5.75 Å². The van der Waals surface area contributed by atoms with Crippen LogP contribution in [0.4, 0.5) is 5.69 Å². The first-order valence-electron chi connectivity index (χ1n) is 5.37. The Morgan fingerprint density at radius 3 is 2.58 bits per heavy atom. The lowest BCUT2D eigenvalue weighted by Gasteiger charge is -2.08. The lowest BCUT2D eigenvalue weighted by atomic mass is 10.2. The maximum Gasteiger partial charge on any atom is 0.311 e. The molecular formula is C13H9ClINO3. The first-order valence-corrected chi connectivity index (χ1v) is 6.99. The van der Waals surface area contributed by atoms with Crippen LogP contribution in [-0.2, 0) is 5.88 Å². The van der Waals surface area contributed by atoms with Gasteiger partial charge in [0, 0.05) is 11.9 Å². The van der Waals surface area contributed by atoms with Gasteiger partial charge in [-0.2, -0.15) is 0 Å². The summed E-state index contributed by atoms with van der Waals surface area (Å²) in [7, 11) is 0. The van der Waals surface area contributed by atoms with Gasteiger partial charge < -0.3 is 4.74 Å². The fraction of sp³-hybridized carbons (Fsp3) is 0.0769. The number of benzene rings is 2. The van der Waals surface area contributed by atoms with Crippen molar-refractivity contribution in [2.24, 2.45) is 0 Å². The van der Waals surface area contributed by atoms with Crippen LogP contribution in [-0.4, -0.2) is 4.92 Å². The Bertz CT molecular complexity index is 619. The van der Waals surface area contributed by atoms with E-state index in [4.69, 9.17) is 16.3 Å². The normalized spacial score (nSPS) is 10.2. The molecule has 0 unspecified atom stereocenters. The van der Waals surface area contributed by atoms with E-state index in [0.29, 0.717) is 11.3 Å². The van der Waals surface area contributed by atoms with Gasteiger partial charge in [0.1, 0.15) is 5.75 Å². The summed E-state index contributed by atoms with van der Waals surface area (Å²) in [6, 6.07) is 12.0. The average molecular weight is 390 g/mol. The number of nitro benzene ring substituents is 1. The quantitative estimate of drug-likeness (QED) is 0.329. The van der Waals surface area contributed by atoms with E-state index in [9.17, 15) is 10.1 Å². The standard InChI is InChI=1S/C13H9ClINO3/c14-8-9-5-6-13(11(7-9)16(17)18)19-12-4-2-1-3-10(12)15/h1-7H,8H2. The van der Waals surface area contributed by atoms with Gasteiger partial charge >= 0.3 is 5.69 Å². The highest BCUT2D eigenvalue weighted by atomic mass is 127. The van der Waals surface area contributed by atoms with E-state index >= 15 is 0 Å². The number of halogens is 2. The van der Waals surface area contributed by atoms with Gasteiger partial charge in [0.25, 0.3) is 0 Å². The molecule has 98 valence electrons. The molecule has 0 radical (unpaired) electrons. The molecule has 0 atom stereocenters. The Hall–Kier alpha value is -1.34. The number of ether oxygens (including phenoxy) is 1. The van der Waals surface area contributed by atoms with E-state index in [2.05, 4.69) is 22.6 Å². The van der Waals surface area contributed by atoms with Crippen molar-refractivity contribution in [2.45, 2.75) is 5.88 Å². The third-order valence-electron chi connectivity index (χ3n) is 2.43. The molecule has 2 rings (SSSR count). The summed E-state index contributed by atoms with van der Waals surface area (Å²) in [6.07, 6.45) is 0. The van der Waals surface area contributed by atoms with Crippen LogP contribution in [0.3, 0.4) is 0 Å². The average Bonchev–Trinajstić information content (AvgIpc) is 2.41.